The summed E-state index contributed by atoms with van der Waals surface area (Å²) in [6, 6.07) is 19.6. The Morgan fingerprint density at radius 1 is 1.18 bits per heavy atom. The Morgan fingerprint density at radius 2 is 1.97 bits per heavy atom. The van der Waals surface area contributed by atoms with Gasteiger partial charge >= 0.3 is 0 Å². The Hall–Kier alpha value is -4.43. The van der Waals surface area contributed by atoms with Crippen LogP contribution in [0.4, 0.5) is 11.4 Å². The van der Waals surface area contributed by atoms with E-state index in [1.165, 1.54) is 16.8 Å². The number of hydrogen-bond acceptors (Lipinski definition) is 8. The van der Waals surface area contributed by atoms with Crippen LogP contribution in [0.15, 0.2) is 65.8 Å². The largest absolute Gasteiger partial charge is 0.336 e. The van der Waals surface area contributed by atoms with Crippen molar-refractivity contribution in [2.45, 2.75) is 11.6 Å². The van der Waals surface area contributed by atoms with Gasteiger partial charge in [0.1, 0.15) is 6.07 Å². The highest BCUT2D eigenvalue weighted by Crippen LogP contribution is 2.24. The maximum absolute atomic E-state index is 12.4. The van der Waals surface area contributed by atoms with Crippen molar-refractivity contribution in [1.29, 1.82) is 5.26 Å². The summed E-state index contributed by atoms with van der Waals surface area (Å²) in [5.41, 5.74) is 1.03. The smallest absolute Gasteiger partial charge is 0.270 e. The van der Waals surface area contributed by atoms with Gasteiger partial charge in [-0.15, -0.1) is 10.2 Å². The molecule has 4 rings (SSSR count). The second-order valence-electron chi connectivity index (χ2n) is 7.02. The molecule has 1 heterocycles. The number of benzene rings is 3. The highest BCUT2D eigenvalue weighted by Gasteiger charge is 2.16. The van der Waals surface area contributed by atoms with Crippen LogP contribution in [0.25, 0.3) is 10.8 Å². The molecule has 10 nitrogen and oxygen atoms in total. The van der Waals surface area contributed by atoms with Crippen molar-refractivity contribution in [2.75, 3.05) is 16.9 Å². The van der Waals surface area contributed by atoms with Crippen molar-refractivity contribution in [2.24, 2.45) is 0 Å². The van der Waals surface area contributed by atoms with Gasteiger partial charge in [-0.05, 0) is 22.4 Å². The molecule has 11 heteroatoms. The lowest BCUT2D eigenvalue weighted by Crippen LogP contribution is -2.18. The number of anilines is 1. The van der Waals surface area contributed by atoms with Gasteiger partial charge in [-0.2, -0.15) is 5.26 Å². The number of nitriles is 1. The first-order valence-electron chi connectivity index (χ1n) is 9.73. The van der Waals surface area contributed by atoms with Crippen LogP contribution in [0.5, 0.6) is 0 Å². The van der Waals surface area contributed by atoms with E-state index < -0.39 is 10.8 Å². The standard InChI is InChI=1S/C22H17N7O3S/c23-12-16-10-17(29(31)32)8-9-19(16)25-21(30)13-33-22-27-26-20(28(22)24)11-15-6-3-5-14-4-1-2-7-18(14)15/h1-10H,11,13,24H2,(H,25,30). The van der Waals surface area contributed by atoms with Crippen LogP contribution < -0.4 is 11.2 Å². The number of nitrogens with one attached hydrogen (secondary N) is 1. The summed E-state index contributed by atoms with van der Waals surface area (Å²) in [5, 5.41) is 33.5. The Morgan fingerprint density at radius 3 is 2.76 bits per heavy atom. The van der Waals surface area contributed by atoms with E-state index >= 15 is 0 Å². The normalized spacial score (nSPS) is 10.6. The van der Waals surface area contributed by atoms with E-state index in [0.717, 1.165) is 34.2 Å². The molecule has 0 radical (unpaired) electrons. The molecule has 3 aromatic carbocycles. The summed E-state index contributed by atoms with van der Waals surface area (Å²) in [6.45, 7) is 0. The lowest BCUT2D eigenvalue weighted by molar-refractivity contribution is -0.384. The molecule has 0 fully saturated rings. The second-order valence-corrected chi connectivity index (χ2v) is 7.96. The third kappa shape index (κ3) is 4.76. The maximum Gasteiger partial charge on any atom is 0.270 e. The van der Waals surface area contributed by atoms with Crippen molar-refractivity contribution in [3.05, 3.63) is 87.7 Å². The number of rotatable bonds is 7. The van der Waals surface area contributed by atoms with Gasteiger partial charge in [0.15, 0.2) is 5.82 Å². The third-order valence-electron chi connectivity index (χ3n) is 4.90. The number of thioether (sulfide) groups is 1. The molecule has 1 aromatic heterocycles. The minimum absolute atomic E-state index is 0.00177. The summed E-state index contributed by atoms with van der Waals surface area (Å²) in [7, 11) is 0. The van der Waals surface area contributed by atoms with Crippen molar-refractivity contribution in [3.63, 3.8) is 0 Å². The number of carbonyl (C=O) groups excluding carboxylic acids is 1. The summed E-state index contributed by atoms with van der Waals surface area (Å²) in [6.07, 6.45) is 0.478. The van der Waals surface area contributed by atoms with Crippen molar-refractivity contribution >= 4 is 39.8 Å². The molecule has 0 unspecified atom stereocenters. The molecule has 3 N–H and O–H groups in total. The summed E-state index contributed by atoms with van der Waals surface area (Å²) < 4.78 is 1.35. The molecule has 0 bridgehead atoms. The van der Waals surface area contributed by atoms with Gasteiger partial charge in [0.25, 0.3) is 5.69 Å². The summed E-state index contributed by atoms with van der Waals surface area (Å²) in [4.78, 5) is 22.6. The van der Waals surface area contributed by atoms with Gasteiger partial charge in [-0.25, -0.2) is 4.68 Å². The number of nitrogen functional groups attached to an aromatic ring is 1. The van der Waals surface area contributed by atoms with Crippen LogP contribution in [0.1, 0.15) is 17.0 Å². The molecule has 0 saturated heterocycles. The van der Waals surface area contributed by atoms with Crippen LogP contribution in [0.2, 0.25) is 0 Å². The predicted octanol–water partition coefficient (Wildman–Crippen LogP) is 3.25. The maximum atomic E-state index is 12.4. The number of carbonyl (C=O) groups is 1. The average molecular weight is 459 g/mol. The van der Waals surface area contributed by atoms with Gasteiger partial charge in [-0.1, -0.05) is 54.2 Å². The Balaban J connectivity index is 1.42. The van der Waals surface area contributed by atoms with Gasteiger partial charge in [0, 0.05) is 18.6 Å². The van der Waals surface area contributed by atoms with E-state index in [9.17, 15) is 20.2 Å². The average Bonchev–Trinajstić information content (AvgIpc) is 3.17. The first-order chi connectivity index (χ1) is 16.0. The number of nitrogens with two attached hydrogens (primary N) is 1. The number of nitro benzene ring substituents is 1. The first-order valence-corrected chi connectivity index (χ1v) is 10.7. The fourth-order valence-electron chi connectivity index (χ4n) is 3.31. The van der Waals surface area contributed by atoms with E-state index in [1.807, 2.05) is 48.5 Å². The highest BCUT2D eigenvalue weighted by molar-refractivity contribution is 7.99. The molecule has 1 amide bonds. The van der Waals surface area contributed by atoms with Gasteiger partial charge in [0.2, 0.25) is 11.1 Å². The molecule has 4 aromatic rings. The fourth-order valence-corrected chi connectivity index (χ4v) is 3.98. The van der Waals surface area contributed by atoms with Crippen LogP contribution >= 0.6 is 11.8 Å². The lowest BCUT2D eigenvalue weighted by Gasteiger charge is -2.08. The second kappa shape index (κ2) is 9.37. The van der Waals surface area contributed by atoms with Crippen molar-refractivity contribution in [1.82, 2.24) is 14.9 Å². The van der Waals surface area contributed by atoms with E-state index in [4.69, 9.17) is 5.84 Å². The third-order valence-corrected chi connectivity index (χ3v) is 5.85. The fraction of sp³-hybridized carbons (Fsp3) is 0.0909. The zero-order chi connectivity index (χ0) is 23.4. The molecule has 164 valence electrons. The van der Waals surface area contributed by atoms with Crippen molar-refractivity contribution < 1.29 is 9.72 Å². The number of nitro groups is 1. The minimum atomic E-state index is -0.605. The molecular formula is C22H17N7O3S. The predicted molar refractivity (Wildman–Crippen MR) is 124 cm³/mol. The topological polar surface area (TPSA) is 153 Å². The van der Waals surface area contributed by atoms with Crippen LogP contribution in [0.3, 0.4) is 0 Å². The quantitative estimate of drug-likeness (QED) is 0.185. The van der Waals surface area contributed by atoms with E-state index in [-0.39, 0.29) is 22.7 Å². The Labute approximate surface area is 192 Å². The van der Waals surface area contributed by atoms with Crippen LogP contribution in [0, 0.1) is 21.4 Å². The van der Waals surface area contributed by atoms with Crippen molar-refractivity contribution in [3.8, 4) is 6.07 Å². The van der Waals surface area contributed by atoms with E-state index in [1.54, 1.807) is 0 Å². The summed E-state index contributed by atoms with van der Waals surface area (Å²) in [5.74, 6) is 6.26. The number of hydrogen-bond donors (Lipinski definition) is 2. The van der Waals surface area contributed by atoms with Gasteiger partial charge in [-0.3, -0.25) is 14.9 Å². The molecule has 0 aliphatic rings. The molecule has 0 saturated carbocycles. The Bertz CT molecular complexity index is 1410. The SMILES string of the molecule is N#Cc1cc([N+](=O)[O-])ccc1NC(=O)CSc1nnc(Cc2cccc3ccccc23)n1N. The number of aromatic nitrogens is 3. The molecule has 0 aliphatic heterocycles. The molecule has 0 atom stereocenters. The highest BCUT2D eigenvalue weighted by atomic mass is 32.2. The Kier molecular flexibility index (Phi) is 6.19. The molecular weight excluding hydrogens is 442 g/mol. The summed E-state index contributed by atoms with van der Waals surface area (Å²) >= 11 is 1.09. The van der Waals surface area contributed by atoms with Gasteiger partial charge < -0.3 is 11.2 Å². The molecule has 0 spiro atoms. The number of fused-ring (bicyclic) bond motifs is 1. The van der Waals surface area contributed by atoms with Crippen LogP contribution in [-0.2, 0) is 11.2 Å². The van der Waals surface area contributed by atoms with Crippen LogP contribution in [-0.4, -0.2) is 31.5 Å². The molecule has 0 aliphatic carbocycles. The minimum Gasteiger partial charge on any atom is -0.336 e. The molecule has 33 heavy (non-hydrogen) atoms. The first kappa shape index (κ1) is 21.8. The zero-order valence-electron chi connectivity index (χ0n) is 17.1. The van der Waals surface area contributed by atoms with Gasteiger partial charge in [0.05, 0.1) is 21.9 Å². The monoisotopic (exact) mass is 459 g/mol. The zero-order valence-corrected chi connectivity index (χ0v) is 18.0. The number of nitrogens with zero attached hydrogens (tertiary/aromatic N) is 5. The lowest BCUT2D eigenvalue weighted by atomic mass is 10.0. The van der Waals surface area contributed by atoms with E-state index in [2.05, 4.69) is 15.5 Å². The van der Waals surface area contributed by atoms with E-state index in [0.29, 0.717) is 17.4 Å². The number of amides is 1. The number of non-ortho nitro benzene ring substituents is 1.